The summed E-state index contributed by atoms with van der Waals surface area (Å²) < 4.78 is 11.4. The highest BCUT2D eigenvalue weighted by molar-refractivity contribution is 7.20. The minimum Gasteiger partial charge on any atom is -0.507 e. The zero-order valence-electron chi connectivity index (χ0n) is 14.3. The lowest BCUT2D eigenvalue weighted by molar-refractivity contribution is 0.103. The number of phenols is 3. The molecule has 0 spiro atoms. The predicted molar refractivity (Wildman–Crippen MR) is 96.8 cm³/mol. The van der Waals surface area contributed by atoms with Crippen molar-refractivity contribution in [3.05, 3.63) is 34.8 Å². The number of carbonyl (C=O) groups is 1. The first-order valence-electron chi connectivity index (χ1n) is 7.75. The van der Waals surface area contributed by atoms with Gasteiger partial charge in [-0.05, 0) is 19.9 Å². The Kier molecular flexibility index (Phi) is 4.60. The molecule has 0 aliphatic rings. The number of ketones is 1. The standard InChI is InChI=1S/C18H17NO6S/c1-8(2)25-15-4-9(11(20)6-14(15)24-3)17(23)18-19-10-5-12(21)13(22)7-16(10)26-18/h4-8,20-22H,1-3H3. The Balaban J connectivity index is 2.06. The third-order valence-corrected chi connectivity index (χ3v) is 4.59. The van der Waals surface area contributed by atoms with Gasteiger partial charge < -0.3 is 24.8 Å². The van der Waals surface area contributed by atoms with E-state index >= 15 is 0 Å². The van der Waals surface area contributed by atoms with Gasteiger partial charge in [0.25, 0.3) is 0 Å². The van der Waals surface area contributed by atoms with Crippen LogP contribution >= 0.6 is 11.3 Å². The third-order valence-electron chi connectivity index (χ3n) is 3.57. The van der Waals surface area contributed by atoms with E-state index in [1.54, 1.807) is 0 Å². The van der Waals surface area contributed by atoms with Crippen LogP contribution in [0.25, 0.3) is 10.2 Å². The minimum absolute atomic E-state index is 0.0222. The molecule has 136 valence electrons. The molecule has 7 nitrogen and oxygen atoms in total. The van der Waals surface area contributed by atoms with Crippen LogP contribution < -0.4 is 9.47 Å². The molecule has 0 unspecified atom stereocenters. The van der Waals surface area contributed by atoms with E-state index in [1.807, 2.05) is 13.8 Å². The molecule has 8 heteroatoms. The number of ether oxygens (including phenoxy) is 2. The Labute approximate surface area is 153 Å². The Hall–Kier alpha value is -3.00. The molecule has 0 amide bonds. The van der Waals surface area contributed by atoms with E-state index in [4.69, 9.17) is 9.47 Å². The van der Waals surface area contributed by atoms with E-state index in [-0.39, 0.29) is 33.9 Å². The fourth-order valence-corrected chi connectivity index (χ4v) is 3.34. The van der Waals surface area contributed by atoms with Crippen LogP contribution in [0.15, 0.2) is 24.3 Å². The van der Waals surface area contributed by atoms with E-state index in [0.29, 0.717) is 21.7 Å². The molecule has 3 N–H and O–H groups in total. The van der Waals surface area contributed by atoms with Crippen LogP contribution in [0.5, 0.6) is 28.7 Å². The van der Waals surface area contributed by atoms with Crippen LogP contribution in [0, 0.1) is 0 Å². The van der Waals surface area contributed by atoms with Crippen LogP contribution in [0.1, 0.15) is 29.2 Å². The first-order chi connectivity index (χ1) is 12.3. The van der Waals surface area contributed by atoms with E-state index < -0.39 is 5.78 Å². The summed E-state index contributed by atoms with van der Waals surface area (Å²) >= 11 is 1.05. The average Bonchev–Trinajstić information content (AvgIpc) is 2.98. The molecule has 0 aliphatic heterocycles. The van der Waals surface area contributed by atoms with Gasteiger partial charge in [0.15, 0.2) is 28.0 Å². The summed E-state index contributed by atoms with van der Waals surface area (Å²) in [5, 5.41) is 29.5. The largest absolute Gasteiger partial charge is 0.507 e. The number of methoxy groups -OCH3 is 1. The van der Waals surface area contributed by atoms with Gasteiger partial charge in [-0.25, -0.2) is 4.98 Å². The molecule has 2 aromatic carbocycles. The molecule has 1 aromatic heterocycles. The van der Waals surface area contributed by atoms with E-state index in [0.717, 1.165) is 11.3 Å². The molecule has 0 aliphatic carbocycles. The second-order valence-corrected chi connectivity index (χ2v) is 6.87. The number of rotatable bonds is 5. The maximum absolute atomic E-state index is 12.8. The molecule has 26 heavy (non-hydrogen) atoms. The normalized spacial score (nSPS) is 11.1. The summed E-state index contributed by atoms with van der Waals surface area (Å²) in [4.78, 5) is 17.0. The molecule has 0 radical (unpaired) electrons. The Morgan fingerprint density at radius 2 is 1.73 bits per heavy atom. The lowest BCUT2D eigenvalue weighted by Gasteiger charge is -2.15. The van der Waals surface area contributed by atoms with E-state index in [9.17, 15) is 20.1 Å². The third kappa shape index (κ3) is 3.23. The Bertz CT molecular complexity index is 956. The number of thiazole rings is 1. The van der Waals surface area contributed by atoms with Crippen molar-refractivity contribution in [1.82, 2.24) is 4.98 Å². The van der Waals surface area contributed by atoms with Gasteiger partial charge in [0, 0.05) is 18.2 Å². The molecule has 0 atom stereocenters. The maximum atomic E-state index is 12.8. The quantitative estimate of drug-likeness (QED) is 0.463. The zero-order chi connectivity index (χ0) is 19.0. The van der Waals surface area contributed by atoms with Crippen LogP contribution in [-0.2, 0) is 0 Å². The number of aromatic hydroxyl groups is 3. The first-order valence-corrected chi connectivity index (χ1v) is 8.56. The molecule has 1 heterocycles. The summed E-state index contributed by atoms with van der Waals surface area (Å²) in [6.07, 6.45) is -0.148. The van der Waals surface area contributed by atoms with Gasteiger partial charge in [-0.1, -0.05) is 0 Å². The van der Waals surface area contributed by atoms with E-state index in [1.165, 1.54) is 31.4 Å². The SMILES string of the molecule is COc1cc(O)c(C(=O)c2nc3cc(O)c(O)cc3s2)cc1OC(C)C. The first kappa shape index (κ1) is 17.8. The molecule has 0 fully saturated rings. The number of hydrogen-bond donors (Lipinski definition) is 3. The lowest BCUT2D eigenvalue weighted by atomic mass is 10.1. The number of phenolic OH excluding ortho intramolecular Hbond substituents is 3. The van der Waals surface area contributed by atoms with Crippen molar-refractivity contribution < 1.29 is 29.6 Å². The number of carbonyl (C=O) groups excluding carboxylic acids is 1. The van der Waals surface area contributed by atoms with Crippen molar-refractivity contribution in [1.29, 1.82) is 0 Å². The molecular formula is C18H17NO6S. The summed E-state index contributed by atoms with van der Waals surface area (Å²) in [6, 6.07) is 5.34. The fraction of sp³-hybridized carbons (Fsp3) is 0.222. The summed E-state index contributed by atoms with van der Waals surface area (Å²) in [5.41, 5.74) is 0.397. The monoisotopic (exact) mass is 375 g/mol. The smallest absolute Gasteiger partial charge is 0.225 e. The van der Waals surface area contributed by atoms with Gasteiger partial charge >= 0.3 is 0 Å². The van der Waals surface area contributed by atoms with Gasteiger partial charge in [-0.15, -0.1) is 11.3 Å². The van der Waals surface area contributed by atoms with Crippen molar-refractivity contribution in [2.45, 2.75) is 20.0 Å². The zero-order valence-corrected chi connectivity index (χ0v) is 15.1. The van der Waals surface area contributed by atoms with Gasteiger partial charge in [0.1, 0.15) is 5.75 Å². The van der Waals surface area contributed by atoms with Crippen molar-refractivity contribution in [2.24, 2.45) is 0 Å². The Morgan fingerprint density at radius 1 is 1.04 bits per heavy atom. The predicted octanol–water partition coefficient (Wildman–Crippen LogP) is 3.44. The number of aromatic nitrogens is 1. The summed E-state index contributed by atoms with van der Waals surface area (Å²) in [5.74, 6) is -0.722. The molecule has 3 rings (SSSR count). The number of nitrogens with zero attached hydrogens (tertiary/aromatic N) is 1. The van der Waals surface area contributed by atoms with Crippen LogP contribution in [0.2, 0.25) is 0 Å². The second-order valence-electron chi connectivity index (χ2n) is 5.84. The maximum Gasteiger partial charge on any atom is 0.225 e. The fourth-order valence-electron chi connectivity index (χ4n) is 2.40. The van der Waals surface area contributed by atoms with Crippen molar-refractivity contribution in [2.75, 3.05) is 7.11 Å². The highest BCUT2D eigenvalue weighted by Crippen LogP contribution is 2.38. The highest BCUT2D eigenvalue weighted by atomic mass is 32.1. The van der Waals surface area contributed by atoms with Crippen molar-refractivity contribution in [3.63, 3.8) is 0 Å². The molecule has 3 aromatic rings. The summed E-state index contributed by atoms with van der Waals surface area (Å²) in [7, 11) is 1.44. The second kappa shape index (κ2) is 6.72. The molecular weight excluding hydrogens is 358 g/mol. The number of benzene rings is 2. The summed E-state index contributed by atoms with van der Waals surface area (Å²) in [6.45, 7) is 3.67. The van der Waals surface area contributed by atoms with Gasteiger partial charge in [-0.2, -0.15) is 0 Å². The van der Waals surface area contributed by atoms with Crippen LogP contribution in [0.4, 0.5) is 0 Å². The number of hydrogen-bond acceptors (Lipinski definition) is 8. The highest BCUT2D eigenvalue weighted by Gasteiger charge is 2.22. The molecule has 0 saturated carbocycles. The number of fused-ring (bicyclic) bond motifs is 1. The van der Waals surface area contributed by atoms with Gasteiger partial charge in [-0.3, -0.25) is 4.79 Å². The van der Waals surface area contributed by atoms with Crippen molar-refractivity contribution >= 4 is 27.3 Å². The van der Waals surface area contributed by atoms with Crippen molar-refractivity contribution in [3.8, 4) is 28.7 Å². The minimum atomic E-state index is -0.501. The Morgan fingerprint density at radius 3 is 2.38 bits per heavy atom. The van der Waals surface area contributed by atoms with Gasteiger partial charge in [0.2, 0.25) is 5.78 Å². The topological polar surface area (TPSA) is 109 Å². The average molecular weight is 375 g/mol. The molecule has 0 saturated heterocycles. The molecule has 0 bridgehead atoms. The van der Waals surface area contributed by atoms with E-state index in [2.05, 4.69) is 4.98 Å². The van der Waals surface area contributed by atoms with Crippen LogP contribution in [0.3, 0.4) is 0 Å². The van der Waals surface area contributed by atoms with Crippen LogP contribution in [-0.4, -0.2) is 39.3 Å². The lowest BCUT2D eigenvalue weighted by Crippen LogP contribution is -2.08. The van der Waals surface area contributed by atoms with Gasteiger partial charge in [0.05, 0.1) is 29.0 Å².